The molecule has 0 bridgehead atoms. The molecule has 0 aliphatic carbocycles. The highest BCUT2D eigenvalue weighted by atomic mass is 16.5. The van der Waals surface area contributed by atoms with Crippen LogP contribution in [0.1, 0.15) is 26.7 Å². The maximum absolute atomic E-state index is 9.27. The summed E-state index contributed by atoms with van der Waals surface area (Å²) in [5.74, 6) is 0.998. The second kappa shape index (κ2) is 6.38. The number of aliphatic hydroxyl groups is 1. The molecule has 1 heterocycles. The minimum Gasteiger partial charge on any atom is -0.396 e. The van der Waals surface area contributed by atoms with Crippen molar-refractivity contribution in [2.75, 3.05) is 26.4 Å². The molecule has 0 saturated carbocycles. The molecule has 2 N–H and O–H groups in total. The van der Waals surface area contributed by atoms with E-state index >= 15 is 0 Å². The molecule has 0 aromatic rings. The summed E-state index contributed by atoms with van der Waals surface area (Å²) in [7, 11) is 0. The second-order valence-corrected chi connectivity index (χ2v) is 4.46. The van der Waals surface area contributed by atoms with Crippen molar-refractivity contribution in [3.05, 3.63) is 0 Å². The lowest BCUT2D eigenvalue weighted by Crippen LogP contribution is -2.28. The number of aliphatic hydroxyl groups excluding tert-OH is 1. The van der Waals surface area contributed by atoms with Crippen LogP contribution in [-0.4, -0.2) is 37.5 Å². The Kier molecular flexibility index (Phi) is 5.45. The number of hydrogen-bond donors (Lipinski definition) is 2. The fourth-order valence-corrected chi connectivity index (χ4v) is 1.96. The molecule has 3 heteroatoms. The monoisotopic (exact) mass is 201 g/mol. The van der Waals surface area contributed by atoms with Gasteiger partial charge in [-0.3, -0.25) is 0 Å². The van der Waals surface area contributed by atoms with Crippen LogP contribution in [0.2, 0.25) is 0 Å². The molecule has 0 spiro atoms. The third-order valence-corrected chi connectivity index (χ3v) is 2.93. The first-order valence-electron chi connectivity index (χ1n) is 5.66. The predicted octanol–water partition coefficient (Wildman–Crippen LogP) is 1.02. The first kappa shape index (κ1) is 12.0. The van der Waals surface area contributed by atoms with Crippen molar-refractivity contribution in [1.82, 2.24) is 5.32 Å². The summed E-state index contributed by atoms with van der Waals surface area (Å²) in [6, 6.07) is 0.536. The van der Waals surface area contributed by atoms with E-state index in [-0.39, 0.29) is 0 Å². The van der Waals surface area contributed by atoms with Gasteiger partial charge in [-0.1, -0.05) is 13.8 Å². The van der Waals surface area contributed by atoms with Gasteiger partial charge in [-0.2, -0.15) is 0 Å². The molecule has 3 nitrogen and oxygen atoms in total. The fourth-order valence-electron chi connectivity index (χ4n) is 1.96. The predicted molar refractivity (Wildman–Crippen MR) is 57.3 cm³/mol. The van der Waals surface area contributed by atoms with Crippen molar-refractivity contribution >= 4 is 0 Å². The number of rotatable bonds is 6. The molecular weight excluding hydrogens is 178 g/mol. The van der Waals surface area contributed by atoms with Gasteiger partial charge in [0, 0.05) is 25.9 Å². The highest BCUT2D eigenvalue weighted by Gasteiger charge is 2.24. The van der Waals surface area contributed by atoms with Crippen molar-refractivity contribution in [2.45, 2.75) is 32.7 Å². The summed E-state index contributed by atoms with van der Waals surface area (Å²) in [5, 5.41) is 12.7. The molecular formula is C11H23NO2. The van der Waals surface area contributed by atoms with Crippen molar-refractivity contribution in [3.63, 3.8) is 0 Å². The number of hydrogen-bond acceptors (Lipinski definition) is 3. The van der Waals surface area contributed by atoms with Crippen molar-refractivity contribution in [1.29, 1.82) is 0 Å². The Hall–Kier alpha value is -0.120. The molecule has 0 amide bonds. The van der Waals surface area contributed by atoms with E-state index in [9.17, 15) is 5.11 Å². The average Bonchev–Trinajstić information content (AvgIpc) is 2.64. The van der Waals surface area contributed by atoms with E-state index in [2.05, 4.69) is 19.2 Å². The van der Waals surface area contributed by atoms with Crippen LogP contribution >= 0.6 is 0 Å². The summed E-state index contributed by atoms with van der Waals surface area (Å²) < 4.78 is 5.34. The first-order chi connectivity index (χ1) is 6.74. The van der Waals surface area contributed by atoms with Gasteiger partial charge in [0.2, 0.25) is 0 Å². The van der Waals surface area contributed by atoms with Gasteiger partial charge in [0.05, 0.1) is 0 Å². The van der Waals surface area contributed by atoms with Gasteiger partial charge >= 0.3 is 0 Å². The Labute approximate surface area is 86.8 Å². The van der Waals surface area contributed by atoms with E-state index in [1.165, 1.54) is 0 Å². The lowest BCUT2D eigenvalue weighted by Gasteiger charge is -2.20. The van der Waals surface area contributed by atoms with Crippen LogP contribution in [0.4, 0.5) is 0 Å². The Bertz CT molecular complexity index is 144. The SMILES string of the molecule is CC(C)NCCC(CO)C1CCOC1. The fraction of sp³-hybridized carbons (Fsp3) is 1.00. The minimum atomic E-state index is 0.299. The Balaban J connectivity index is 2.17. The second-order valence-electron chi connectivity index (χ2n) is 4.46. The molecule has 2 atom stereocenters. The zero-order valence-corrected chi connectivity index (χ0v) is 9.33. The summed E-state index contributed by atoms with van der Waals surface area (Å²) in [6.45, 7) is 7.30. The molecule has 1 aliphatic rings. The van der Waals surface area contributed by atoms with Gasteiger partial charge in [0.25, 0.3) is 0 Å². The summed E-state index contributed by atoms with van der Waals surface area (Å²) in [4.78, 5) is 0. The van der Waals surface area contributed by atoms with Crippen LogP contribution in [0.3, 0.4) is 0 Å². The van der Waals surface area contributed by atoms with Gasteiger partial charge in [-0.05, 0) is 31.2 Å². The molecule has 1 fully saturated rings. The van der Waals surface area contributed by atoms with E-state index in [4.69, 9.17) is 4.74 Å². The third-order valence-electron chi connectivity index (χ3n) is 2.93. The van der Waals surface area contributed by atoms with Crippen molar-refractivity contribution in [2.24, 2.45) is 11.8 Å². The zero-order chi connectivity index (χ0) is 10.4. The largest absolute Gasteiger partial charge is 0.396 e. The van der Waals surface area contributed by atoms with Gasteiger partial charge < -0.3 is 15.2 Å². The van der Waals surface area contributed by atoms with Gasteiger partial charge in [-0.15, -0.1) is 0 Å². The van der Waals surface area contributed by atoms with Crippen LogP contribution < -0.4 is 5.32 Å². The van der Waals surface area contributed by atoms with Crippen molar-refractivity contribution in [3.8, 4) is 0 Å². The molecule has 1 saturated heterocycles. The van der Waals surface area contributed by atoms with E-state index in [1.54, 1.807) is 0 Å². The molecule has 1 aliphatic heterocycles. The smallest absolute Gasteiger partial charge is 0.0498 e. The van der Waals surface area contributed by atoms with Crippen molar-refractivity contribution < 1.29 is 9.84 Å². The zero-order valence-electron chi connectivity index (χ0n) is 9.33. The average molecular weight is 201 g/mol. The number of ether oxygens (including phenoxy) is 1. The maximum Gasteiger partial charge on any atom is 0.0498 e. The molecule has 2 unspecified atom stereocenters. The van der Waals surface area contributed by atoms with Crippen LogP contribution in [0.15, 0.2) is 0 Å². The summed E-state index contributed by atoms with van der Waals surface area (Å²) >= 11 is 0. The minimum absolute atomic E-state index is 0.299. The quantitative estimate of drug-likeness (QED) is 0.674. The molecule has 14 heavy (non-hydrogen) atoms. The van der Waals surface area contributed by atoms with E-state index in [0.29, 0.717) is 24.5 Å². The van der Waals surface area contributed by atoms with Crippen LogP contribution in [0.25, 0.3) is 0 Å². The molecule has 0 aromatic carbocycles. The van der Waals surface area contributed by atoms with E-state index < -0.39 is 0 Å². The third kappa shape index (κ3) is 3.95. The lowest BCUT2D eigenvalue weighted by atomic mass is 9.89. The Morgan fingerprint density at radius 3 is 2.79 bits per heavy atom. The Morgan fingerprint density at radius 1 is 1.50 bits per heavy atom. The Morgan fingerprint density at radius 2 is 2.29 bits per heavy atom. The van der Waals surface area contributed by atoms with Gasteiger partial charge in [0.1, 0.15) is 0 Å². The van der Waals surface area contributed by atoms with Crippen LogP contribution in [-0.2, 0) is 4.74 Å². The molecule has 84 valence electrons. The molecule has 0 aromatic heterocycles. The first-order valence-corrected chi connectivity index (χ1v) is 5.66. The number of nitrogens with one attached hydrogen (secondary N) is 1. The van der Waals surface area contributed by atoms with Gasteiger partial charge in [0.15, 0.2) is 0 Å². The molecule has 1 rings (SSSR count). The topological polar surface area (TPSA) is 41.5 Å². The van der Waals surface area contributed by atoms with Gasteiger partial charge in [-0.25, -0.2) is 0 Å². The molecule has 0 radical (unpaired) electrons. The standard InChI is InChI=1S/C11H23NO2/c1-9(2)12-5-3-10(7-13)11-4-6-14-8-11/h9-13H,3-8H2,1-2H3. The van der Waals surface area contributed by atoms with E-state index in [0.717, 1.165) is 32.6 Å². The lowest BCUT2D eigenvalue weighted by molar-refractivity contribution is 0.134. The van der Waals surface area contributed by atoms with E-state index in [1.807, 2.05) is 0 Å². The maximum atomic E-state index is 9.27. The van der Waals surface area contributed by atoms with Crippen LogP contribution in [0.5, 0.6) is 0 Å². The van der Waals surface area contributed by atoms with Crippen LogP contribution in [0, 0.1) is 11.8 Å². The summed E-state index contributed by atoms with van der Waals surface area (Å²) in [5.41, 5.74) is 0. The normalized spacial score (nSPS) is 24.4. The summed E-state index contributed by atoms with van der Waals surface area (Å²) in [6.07, 6.45) is 2.18. The highest BCUT2D eigenvalue weighted by Crippen LogP contribution is 2.23. The highest BCUT2D eigenvalue weighted by molar-refractivity contribution is 4.74.